The quantitative estimate of drug-likeness (QED) is 0.518. The van der Waals surface area contributed by atoms with Crippen molar-refractivity contribution in [3.05, 3.63) is 34.5 Å². The summed E-state index contributed by atoms with van der Waals surface area (Å²) in [5.74, 6) is 12.0. The van der Waals surface area contributed by atoms with Crippen molar-refractivity contribution in [2.24, 2.45) is 0 Å². The van der Waals surface area contributed by atoms with Crippen molar-refractivity contribution in [3.63, 3.8) is 0 Å². The van der Waals surface area contributed by atoms with Crippen LogP contribution in [0.1, 0.15) is 31.1 Å². The Bertz CT molecular complexity index is 402. The Balaban J connectivity index is 2.29. The summed E-state index contributed by atoms with van der Waals surface area (Å²) < 4.78 is 0. The summed E-state index contributed by atoms with van der Waals surface area (Å²) in [4.78, 5) is 1.10. The SMILES string of the molecule is CCCCC#C/C=C\C#Cc1cccs1. The molecule has 0 unspecified atom stereocenters. The molecule has 0 amide bonds. The number of allylic oxidation sites excluding steroid dienone is 2. The Kier molecular flexibility index (Phi) is 6.14. The van der Waals surface area contributed by atoms with E-state index in [0.29, 0.717) is 0 Å². The average molecular weight is 214 g/mol. The predicted octanol–water partition coefficient (Wildman–Crippen LogP) is 3.85. The molecule has 1 rings (SSSR count). The molecule has 0 fully saturated rings. The minimum absolute atomic E-state index is 0.985. The number of rotatable bonds is 2. The zero-order chi connectivity index (χ0) is 10.8. The van der Waals surface area contributed by atoms with E-state index < -0.39 is 0 Å². The van der Waals surface area contributed by atoms with Crippen molar-refractivity contribution >= 4 is 11.3 Å². The van der Waals surface area contributed by atoms with Crippen molar-refractivity contribution < 1.29 is 0 Å². The second-order valence-electron chi connectivity index (χ2n) is 3.00. The lowest BCUT2D eigenvalue weighted by molar-refractivity contribution is 0.828. The fraction of sp³-hybridized carbons (Fsp3) is 0.286. The van der Waals surface area contributed by atoms with Gasteiger partial charge in [0.15, 0.2) is 0 Å². The molecule has 76 valence electrons. The molecular weight excluding hydrogens is 200 g/mol. The first-order chi connectivity index (χ1) is 7.43. The highest BCUT2D eigenvalue weighted by atomic mass is 32.1. The Morgan fingerprint density at radius 1 is 1.33 bits per heavy atom. The fourth-order valence-electron chi connectivity index (χ4n) is 0.942. The van der Waals surface area contributed by atoms with Gasteiger partial charge in [0.25, 0.3) is 0 Å². The smallest absolute Gasteiger partial charge is 0.0771 e. The van der Waals surface area contributed by atoms with Crippen LogP contribution < -0.4 is 0 Å². The van der Waals surface area contributed by atoms with Gasteiger partial charge in [0, 0.05) is 6.42 Å². The average Bonchev–Trinajstić information content (AvgIpc) is 2.75. The van der Waals surface area contributed by atoms with E-state index in [1.807, 2.05) is 23.6 Å². The standard InChI is InChI=1S/C14H14S/c1-2-3-4-5-6-7-8-9-11-14-12-10-13-15-14/h7-8,10,12-13H,2-4H2,1H3/b8-7-. The van der Waals surface area contributed by atoms with Crippen molar-refractivity contribution in [1.82, 2.24) is 0 Å². The van der Waals surface area contributed by atoms with Crippen molar-refractivity contribution in [2.75, 3.05) is 0 Å². The minimum atomic E-state index is 0.985. The highest BCUT2D eigenvalue weighted by Crippen LogP contribution is 2.05. The molecular formula is C14H14S. The number of hydrogen-bond acceptors (Lipinski definition) is 1. The molecule has 0 aromatic carbocycles. The van der Waals surface area contributed by atoms with Gasteiger partial charge < -0.3 is 0 Å². The number of unbranched alkanes of at least 4 members (excludes halogenated alkanes) is 2. The molecule has 0 N–H and O–H groups in total. The molecule has 1 aromatic heterocycles. The molecule has 0 aliphatic carbocycles. The second-order valence-corrected chi connectivity index (χ2v) is 3.95. The molecule has 1 aromatic rings. The van der Waals surface area contributed by atoms with Crippen LogP contribution in [0.2, 0.25) is 0 Å². The summed E-state index contributed by atoms with van der Waals surface area (Å²) in [7, 11) is 0. The van der Waals surface area contributed by atoms with Gasteiger partial charge in [-0.1, -0.05) is 43.1 Å². The van der Waals surface area contributed by atoms with Crippen LogP contribution in [0, 0.1) is 23.7 Å². The first kappa shape index (κ1) is 11.6. The normalized spacial score (nSPS) is 9.13. The van der Waals surface area contributed by atoms with Crippen LogP contribution in [0.4, 0.5) is 0 Å². The van der Waals surface area contributed by atoms with E-state index >= 15 is 0 Å². The van der Waals surface area contributed by atoms with E-state index in [-0.39, 0.29) is 0 Å². The molecule has 0 saturated heterocycles. The predicted molar refractivity (Wildman–Crippen MR) is 67.6 cm³/mol. The molecule has 15 heavy (non-hydrogen) atoms. The maximum absolute atomic E-state index is 3.08. The molecule has 0 aliphatic rings. The van der Waals surface area contributed by atoms with Gasteiger partial charge in [0.05, 0.1) is 4.88 Å². The van der Waals surface area contributed by atoms with Gasteiger partial charge in [-0.25, -0.2) is 0 Å². The van der Waals surface area contributed by atoms with Crippen LogP contribution in [0.3, 0.4) is 0 Å². The van der Waals surface area contributed by atoms with Gasteiger partial charge in [-0.2, -0.15) is 0 Å². The Labute approximate surface area is 96.0 Å². The lowest BCUT2D eigenvalue weighted by Gasteiger charge is -1.81. The van der Waals surface area contributed by atoms with Crippen molar-refractivity contribution in [1.29, 1.82) is 0 Å². The van der Waals surface area contributed by atoms with Gasteiger partial charge >= 0.3 is 0 Å². The molecule has 0 nitrogen and oxygen atoms in total. The molecule has 0 bridgehead atoms. The second kappa shape index (κ2) is 7.92. The first-order valence-corrected chi connectivity index (χ1v) is 6.00. The molecule has 0 atom stereocenters. The van der Waals surface area contributed by atoms with E-state index in [9.17, 15) is 0 Å². The highest BCUT2D eigenvalue weighted by Gasteiger charge is 1.81. The molecule has 1 heteroatoms. The van der Waals surface area contributed by atoms with Gasteiger partial charge in [0.2, 0.25) is 0 Å². The van der Waals surface area contributed by atoms with Gasteiger partial charge in [-0.15, -0.1) is 11.3 Å². The van der Waals surface area contributed by atoms with E-state index in [0.717, 1.165) is 11.3 Å². The topological polar surface area (TPSA) is 0 Å². The van der Waals surface area contributed by atoms with Crippen molar-refractivity contribution in [3.8, 4) is 23.7 Å². The lowest BCUT2D eigenvalue weighted by Crippen LogP contribution is -1.65. The molecule has 1 heterocycles. The summed E-state index contributed by atoms with van der Waals surface area (Å²) in [5, 5.41) is 2.03. The summed E-state index contributed by atoms with van der Waals surface area (Å²) in [6.45, 7) is 2.17. The van der Waals surface area contributed by atoms with E-state index in [2.05, 4.69) is 30.6 Å². The van der Waals surface area contributed by atoms with Crippen LogP contribution in [0.25, 0.3) is 0 Å². The molecule has 0 spiro atoms. The maximum atomic E-state index is 3.08. The Morgan fingerprint density at radius 3 is 2.93 bits per heavy atom. The van der Waals surface area contributed by atoms with Crippen LogP contribution in [0.15, 0.2) is 29.7 Å². The zero-order valence-corrected chi connectivity index (χ0v) is 9.73. The third kappa shape index (κ3) is 5.78. The van der Waals surface area contributed by atoms with Crippen LogP contribution in [0.5, 0.6) is 0 Å². The third-order valence-corrected chi connectivity index (χ3v) is 2.51. The molecule has 0 radical (unpaired) electrons. The molecule has 0 saturated carbocycles. The zero-order valence-electron chi connectivity index (χ0n) is 8.92. The minimum Gasteiger partial charge on any atom is -0.135 e. The third-order valence-electron chi connectivity index (χ3n) is 1.72. The van der Waals surface area contributed by atoms with E-state index in [4.69, 9.17) is 0 Å². The van der Waals surface area contributed by atoms with Crippen LogP contribution in [-0.4, -0.2) is 0 Å². The van der Waals surface area contributed by atoms with E-state index in [1.54, 1.807) is 17.4 Å². The van der Waals surface area contributed by atoms with Crippen molar-refractivity contribution in [2.45, 2.75) is 26.2 Å². The fourth-order valence-corrected chi connectivity index (χ4v) is 1.52. The summed E-state index contributed by atoms with van der Waals surface area (Å²) >= 11 is 1.65. The number of hydrogen-bond donors (Lipinski definition) is 0. The van der Waals surface area contributed by atoms with Gasteiger partial charge in [-0.05, 0) is 30.0 Å². The van der Waals surface area contributed by atoms with Gasteiger partial charge in [0.1, 0.15) is 0 Å². The van der Waals surface area contributed by atoms with Crippen LogP contribution in [-0.2, 0) is 0 Å². The summed E-state index contributed by atoms with van der Waals surface area (Å²) in [6, 6.07) is 4.02. The van der Waals surface area contributed by atoms with Crippen LogP contribution >= 0.6 is 11.3 Å². The van der Waals surface area contributed by atoms with Gasteiger partial charge in [-0.3, -0.25) is 0 Å². The molecule has 0 aliphatic heterocycles. The maximum Gasteiger partial charge on any atom is 0.0771 e. The monoisotopic (exact) mass is 214 g/mol. The van der Waals surface area contributed by atoms with E-state index in [1.165, 1.54) is 12.8 Å². The lowest BCUT2D eigenvalue weighted by atomic mass is 10.2. The Morgan fingerprint density at radius 2 is 2.20 bits per heavy atom. The first-order valence-electron chi connectivity index (χ1n) is 5.12. The number of thiophene rings is 1. The Hall–Kier alpha value is -1.44. The summed E-state index contributed by atoms with van der Waals surface area (Å²) in [5.41, 5.74) is 0. The highest BCUT2D eigenvalue weighted by molar-refractivity contribution is 7.10. The summed E-state index contributed by atoms with van der Waals surface area (Å²) in [6.07, 6.45) is 6.99. The largest absolute Gasteiger partial charge is 0.135 e.